The third-order valence-electron chi connectivity index (χ3n) is 7.33. The van der Waals surface area contributed by atoms with Crippen molar-refractivity contribution in [2.75, 3.05) is 6.54 Å². The summed E-state index contributed by atoms with van der Waals surface area (Å²) in [6, 6.07) is 5.12. The number of hydrogen-bond donors (Lipinski definition) is 2. The predicted molar refractivity (Wildman–Crippen MR) is 115 cm³/mol. The quantitative estimate of drug-likeness (QED) is 0.660. The number of ether oxygens (including phenoxy) is 1. The molecule has 8 heteroatoms. The van der Waals surface area contributed by atoms with Gasteiger partial charge in [-0.05, 0) is 81.7 Å². The van der Waals surface area contributed by atoms with Gasteiger partial charge < -0.3 is 15.0 Å². The Morgan fingerprint density at radius 3 is 2.78 bits per heavy atom. The van der Waals surface area contributed by atoms with Crippen molar-refractivity contribution in [3.05, 3.63) is 29.3 Å². The van der Waals surface area contributed by atoms with Gasteiger partial charge in [-0.2, -0.15) is 0 Å². The SMILES string of the molecule is CC1(F)CC(CN[C@H]2CCC[C@@H]2Oc2ccc3c(c2)CN(C2CCC(=O)NC2=O)C3=O)C1. The molecule has 2 saturated carbocycles. The summed E-state index contributed by atoms with van der Waals surface area (Å²) in [5.74, 6) is 0.248. The Morgan fingerprint density at radius 2 is 2.03 bits per heavy atom. The second-order valence-corrected chi connectivity index (χ2v) is 10.0. The van der Waals surface area contributed by atoms with E-state index in [9.17, 15) is 18.8 Å². The van der Waals surface area contributed by atoms with Crippen LogP contribution in [0.3, 0.4) is 0 Å². The van der Waals surface area contributed by atoms with Crippen molar-refractivity contribution < 1.29 is 23.5 Å². The first-order valence-corrected chi connectivity index (χ1v) is 11.7. The van der Waals surface area contributed by atoms with Crippen LogP contribution in [0.2, 0.25) is 0 Å². The minimum absolute atomic E-state index is 0.0493. The van der Waals surface area contributed by atoms with Crippen molar-refractivity contribution in [3.63, 3.8) is 0 Å². The van der Waals surface area contributed by atoms with Crippen molar-refractivity contribution in [2.45, 2.75) is 82.3 Å². The number of benzene rings is 1. The summed E-state index contributed by atoms with van der Waals surface area (Å²) in [6.07, 6.45) is 4.98. The summed E-state index contributed by atoms with van der Waals surface area (Å²) in [6.45, 7) is 2.84. The van der Waals surface area contributed by atoms with Crippen molar-refractivity contribution in [1.29, 1.82) is 0 Å². The van der Waals surface area contributed by atoms with Gasteiger partial charge >= 0.3 is 0 Å². The smallest absolute Gasteiger partial charge is 0.255 e. The lowest BCUT2D eigenvalue weighted by atomic mass is 9.73. The molecule has 32 heavy (non-hydrogen) atoms. The minimum atomic E-state index is -0.999. The maximum Gasteiger partial charge on any atom is 0.255 e. The molecule has 7 nitrogen and oxygen atoms in total. The first-order chi connectivity index (χ1) is 15.3. The largest absolute Gasteiger partial charge is 0.489 e. The molecular weight excluding hydrogens is 413 g/mol. The Balaban J connectivity index is 1.20. The summed E-state index contributed by atoms with van der Waals surface area (Å²) in [5.41, 5.74) is 0.431. The number of nitrogens with one attached hydrogen (secondary N) is 2. The summed E-state index contributed by atoms with van der Waals surface area (Å²) in [5, 5.41) is 5.91. The van der Waals surface area contributed by atoms with Gasteiger partial charge in [0.05, 0.1) is 0 Å². The van der Waals surface area contributed by atoms with Crippen LogP contribution in [-0.2, 0) is 16.1 Å². The van der Waals surface area contributed by atoms with Gasteiger partial charge in [-0.3, -0.25) is 19.7 Å². The number of halogens is 1. The van der Waals surface area contributed by atoms with Gasteiger partial charge in [0.25, 0.3) is 5.91 Å². The third kappa shape index (κ3) is 4.12. The molecule has 2 N–H and O–H groups in total. The number of fused-ring (bicyclic) bond motifs is 1. The molecule has 1 saturated heterocycles. The van der Waals surface area contributed by atoms with Crippen LogP contribution >= 0.6 is 0 Å². The fraction of sp³-hybridized carbons (Fsp3) is 0.625. The van der Waals surface area contributed by atoms with E-state index in [1.807, 2.05) is 12.1 Å². The molecule has 0 bridgehead atoms. The van der Waals surface area contributed by atoms with E-state index in [0.717, 1.165) is 37.1 Å². The number of piperidine rings is 1. The normalized spacial score (nSPS) is 34.3. The van der Waals surface area contributed by atoms with Crippen molar-refractivity contribution in [2.24, 2.45) is 5.92 Å². The molecule has 1 aromatic rings. The topological polar surface area (TPSA) is 87.7 Å². The van der Waals surface area contributed by atoms with Gasteiger partial charge in [0.2, 0.25) is 11.8 Å². The number of hydrogen-bond acceptors (Lipinski definition) is 5. The number of alkyl halides is 1. The van der Waals surface area contributed by atoms with Crippen molar-refractivity contribution in [1.82, 2.24) is 15.5 Å². The van der Waals surface area contributed by atoms with E-state index >= 15 is 0 Å². The first-order valence-electron chi connectivity index (χ1n) is 11.7. The Bertz CT molecular complexity index is 941. The van der Waals surface area contributed by atoms with Gasteiger partial charge in [0.1, 0.15) is 23.6 Å². The molecule has 3 amide bonds. The van der Waals surface area contributed by atoms with Gasteiger partial charge in [-0.1, -0.05) is 0 Å². The van der Waals surface area contributed by atoms with E-state index < -0.39 is 17.6 Å². The highest BCUT2D eigenvalue weighted by Gasteiger charge is 2.41. The van der Waals surface area contributed by atoms with Gasteiger partial charge in [0.15, 0.2) is 0 Å². The lowest BCUT2D eigenvalue weighted by Gasteiger charge is -2.39. The maximum absolute atomic E-state index is 13.7. The molecule has 3 atom stereocenters. The molecule has 0 aromatic heterocycles. The first kappa shape index (κ1) is 21.4. The van der Waals surface area contributed by atoms with Crippen LogP contribution in [0.25, 0.3) is 0 Å². The highest BCUT2D eigenvalue weighted by atomic mass is 19.1. The van der Waals surface area contributed by atoms with E-state index in [2.05, 4.69) is 10.6 Å². The standard InChI is InChI=1S/C24H30FN3O4/c1-24(25)10-14(11-24)12-26-18-3-2-4-20(18)32-16-5-6-17-15(9-16)13-28(23(17)31)19-7-8-21(29)27-22(19)30/h5-6,9,14,18-20,26H,2-4,7-8,10-13H2,1H3,(H,27,29,30)/t14?,18-,19?,20-,24?/m0/s1. The zero-order valence-electron chi connectivity index (χ0n) is 18.4. The molecule has 0 spiro atoms. The van der Waals surface area contributed by atoms with Crippen LogP contribution < -0.4 is 15.4 Å². The van der Waals surface area contributed by atoms with Gasteiger partial charge in [0, 0.05) is 24.6 Å². The molecule has 172 valence electrons. The molecule has 2 aliphatic heterocycles. The molecule has 0 radical (unpaired) electrons. The second kappa shape index (κ2) is 8.14. The van der Waals surface area contributed by atoms with Crippen LogP contribution in [0.1, 0.15) is 67.8 Å². The van der Waals surface area contributed by atoms with Crippen molar-refractivity contribution in [3.8, 4) is 5.75 Å². The van der Waals surface area contributed by atoms with E-state index in [1.165, 1.54) is 0 Å². The van der Waals surface area contributed by atoms with E-state index in [0.29, 0.717) is 37.3 Å². The fourth-order valence-corrected chi connectivity index (χ4v) is 5.71. The minimum Gasteiger partial charge on any atom is -0.489 e. The molecule has 2 aliphatic carbocycles. The Hall–Kier alpha value is -2.48. The Kier molecular flexibility index (Phi) is 5.43. The number of carbonyl (C=O) groups is 3. The van der Waals surface area contributed by atoms with Gasteiger partial charge in [-0.25, -0.2) is 4.39 Å². The number of amides is 3. The fourth-order valence-electron chi connectivity index (χ4n) is 5.71. The molecule has 5 rings (SSSR count). The molecule has 4 aliphatic rings. The van der Waals surface area contributed by atoms with E-state index in [-0.39, 0.29) is 30.4 Å². The molecule has 1 unspecified atom stereocenters. The molecule has 3 fully saturated rings. The predicted octanol–water partition coefficient (Wildman–Crippen LogP) is 2.48. The van der Waals surface area contributed by atoms with Crippen LogP contribution in [-0.4, -0.2) is 53.0 Å². The van der Waals surface area contributed by atoms with Crippen LogP contribution in [0.15, 0.2) is 18.2 Å². The number of nitrogens with zero attached hydrogens (tertiary/aromatic N) is 1. The highest BCUT2D eigenvalue weighted by molar-refractivity contribution is 6.05. The monoisotopic (exact) mass is 443 g/mol. The van der Waals surface area contributed by atoms with Crippen LogP contribution in [0.4, 0.5) is 4.39 Å². The number of rotatable bonds is 6. The Labute approximate surface area is 187 Å². The van der Waals surface area contributed by atoms with E-state index in [1.54, 1.807) is 17.9 Å². The van der Waals surface area contributed by atoms with E-state index in [4.69, 9.17) is 4.74 Å². The third-order valence-corrected chi connectivity index (χ3v) is 7.33. The Morgan fingerprint density at radius 1 is 1.22 bits per heavy atom. The average Bonchev–Trinajstić information content (AvgIpc) is 3.29. The average molecular weight is 444 g/mol. The van der Waals surface area contributed by atoms with Crippen molar-refractivity contribution >= 4 is 17.7 Å². The zero-order chi connectivity index (χ0) is 22.5. The lowest BCUT2D eigenvalue weighted by molar-refractivity contribution is -0.136. The summed E-state index contributed by atoms with van der Waals surface area (Å²) in [7, 11) is 0. The lowest BCUT2D eigenvalue weighted by Crippen LogP contribution is -2.52. The summed E-state index contributed by atoms with van der Waals surface area (Å²) >= 11 is 0. The summed E-state index contributed by atoms with van der Waals surface area (Å²) in [4.78, 5) is 38.0. The highest BCUT2D eigenvalue weighted by Crippen LogP contribution is 2.40. The van der Waals surface area contributed by atoms with Crippen LogP contribution in [0, 0.1) is 5.92 Å². The van der Waals surface area contributed by atoms with Gasteiger partial charge in [-0.15, -0.1) is 0 Å². The molecular formula is C24H30FN3O4. The van der Waals surface area contributed by atoms with Crippen LogP contribution in [0.5, 0.6) is 5.75 Å². The number of carbonyl (C=O) groups excluding carboxylic acids is 3. The molecule has 1 aromatic carbocycles. The molecule has 2 heterocycles. The second-order valence-electron chi connectivity index (χ2n) is 10.0. The zero-order valence-corrected chi connectivity index (χ0v) is 18.4. The number of imide groups is 1. The maximum atomic E-state index is 13.7. The summed E-state index contributed by atoms with van der Waals surface area (Å²) < 4.78 is 20.0.